The lowest BCUT2D eigenvalue weighted by molar-refractivity contribution is -0.384. The summed E-state index contributed by atoms with van der Waals surface area (Å²) >= 11 is 0. The van der Waals surface area contributed by atoms with Crippen molar-refractivity contribution in [2.24, 2.45) is 5.73 Å². The number of nitro benzene ring substituents is 1. The summed E-state index contributed by atoms with van der Waals surface area (Å²) in [5.74, 6) is 1.04. The van der Waals surface area contributed by atoms with Gasteiger partial charge in [0.05, 0.1) is 23.1 Å². The van der Waals surface area contributed by atoms with E-state index >= 15 is 0 Å². The standard InChI is InChI=1S/C14H16N4O4.ClH/c1-21-11-5-4-9(18(19)20)8-10(11)12-16-13(17-22-12)14(15)6-2-3-7-14;/h4-5,8H,2-3,6-7,15H2,1H3;1H. The first kappa shape index (κ1) is 17.2. The molecule has 1 aliphatic carbocycles. The quantitative estimate of drug-likeness (QED) is 0.671. The largest absolute Gasteiger partial charge is 0.496 e. The van der Waals surface area contributed by atoms with Crippen molar-refractivity contribution in [2.45, 2.75) is 31.2 Å². The van der Waals surface area contributed by atoms with Crippen LogP contribution in [0.2, 0.25) is 0 Å². The average Bonchev–Trinajstić information content (AvgIpc) is 3.16. The predicted octanol–water partition coefficient (Wildman–Crippen LogP) is 2.80. The molecule has 0 amide bonds. The second kappa shape index (κ2) is 6.51. The SMILES string of the molecule is COc1ccc([N+](=O)[O-])cc1-c1nc(C2(N)CCCC2)no1.Cl. The Morgan fingerprint density at radius 1 is 1.39 bits per heavy atom. The van der Waals surface area contributed by atoms with Crippen LogP contribution < -0.4 is 10.5 Å². The smallest absolute Gasteiger partial charge is 0.270 e. The normalized spacial score (nSPS) is 15.9. The zero-order valence-corrected chi connectivity index (χ0v) is 13.3. The molecule has 1 aromatic carbocycles. The molecule has 8 nitrogen and oxygen atoms in total. The van der Waals surface area contributed by atoms with Crippen LogP contribution in [0.5, 0.6) is 5.75 Å². The molecular weight excluding hydrogens is 324 g/mol. The Kier molecular flexibility index (Phi) is 4.86. The van der Waals surface area contributed by atoms with Crippen LogP contribution in [0, 0.1) is 10.1 Å². The van der Waals surface area contributed by atoms with Gasteiger partial charge >= 0.3 is 0 Å². The van der Waals surface area contributed by atoms with Crippen molar-refractivity contribution in [3.8, 4) is 17.2 Å². The summed E-state index contributed by atoms with van der Waals surface area (Å²) in [4.78, 5) is 14.8. The molecule has 1 saturated carbocycles. The molecule has 1 aromatic heterocycles. The van der Waals surface area contributed by atoms with Gasteiger partial charge in [0.2, 0.25) is 0 Å². The first-order valence-corrected chi connectivity index (χ1v) is 6.99. The summed E-state index contributed by atoms with van der Waals surface area (Å²) in [7, 11) is 1.48. The minimum atomic E-state index is -0.574. The van der Waals surface area contributed by atoms with Crippen LogP contribution in [0.4, 0.5) is 5.69 Å². The average molecular weight is 341 g/mol. The molecule has 0 bridgehead atoms. The molecule has 0 atom stereocenters. The summed E-state index contributed by atoms with van der Waals surface area (Å²) in [5.41, 5.74) is 6.04. The van der Waals surface area contributed by atoms with E-state index in [0.717, 1.165) is 25.7 Å². The first-order chi connectivity index (χ1) is 10.5. The molecule has 9 heteroatoms. The number of halogens is 1. The van der Waals surface area contributed by atoms with E-state index in [2.05, 4.69) is 10.1 Å². The minimum Gasteiger partial charge on any atom is -0.496 e. The molecule has 1 fully saturated rings. The van der Waals surface area contributed by atoms with Gasteiger partial charge in [0.25, 0.3) is 11.6 Å². The Balaban J connectivity index is 0.00000192. The van der Waals surface area contributed by atoms with Crippen molar-refractivity contribution in [2.75, 3.05) is 7.11 Å². The number of hydrogen-bond acceptors (Lipinski definition) is 7. The summed E-state index contributed by atoms with van der Waals surface area (Å²) in [6.45, 7) is 0. The van der Waals surface area contributed by atoms with Crippen LogP contribution in [0.15, 0.2) is 22.7 Å². The number of rotatable bonds is 4. The monoisotopic (exact) mass is 340 g/mol. The molecule has 1 aliphatic rings. The number of nitro groups is 1. The van der Waals surface area contributed by atoms with E-state index in [4.69, 9.17) is 15.0 Å². The molecule has 0 spiro atoms. The van der Waals surface area contributed by atoms with Crippen LogP contribution in [0.25, 0.3) is 11.5 Å². The van der Waals surface area contributed by atoms with Gasteiger partial charge in [0.1, 0.15) is 5.75 Å². The number of hydrogen-bond donors (Lipinski definition) is 1. The lowest BCUT2D eigenvalue weighted by Crippen LogP contribution is -2.34. The van der Waals surface area contributed by atoms with Crippen molar-refractivity contribution >= 4 is 18.1 Å². The Labute approximate surface area is 138 Å². The van der Waals surface area contributed by atoms with Crippen LogP contribution in [-0.2, 0) is 5.54 Å². The van der Waals surface area contributed by atoms with Gasteiger partial charge in [-0.2, -0.15) is 4.98 Å². The van der Waals surface area contributed by atoms with Gasteiger partial charge < -0.3 is 15.0 Å². The number of benzene rings is 1. The minimum absolute atomic E-state index is 0. The zero-order valence-electron chi connectivity index (χ0n) is 12.5. The molecule has 0 aliphatic heterocycles. The number of methoxy groups -OCH3 is 1. The van der Waals surface area contributed by atoms with Gasteiger partial charge in [-0.15, -0.1) is 12.4 Å². The third kappa shape index (κ3) is 3.13. The molecule has 2 N–H and O–H groups in total. The van der Waals surface area contributed by atoms with E-state index in [-0.39, 0.29) is 24.0 Å². The number of aromatic nitrogens is 2. The van der Waals surface area contributed by atoms with Crippen LogP contribution >= 0.6 is 12.4 Å². The zero-order chi connectivity index (χ0) is 15.7. The van der Waals surface area contributed by atoms with Gasteiger partial charge in [0.15, 0.2) is 5.82 Å². The van der Waals surface area contributed by atoms with Gasteiger partial charge in [-0.3, -0.25) is 10.1 Å². The third-order valence-corrected chi connectivity index (χ3v) is 3.99. The third-order valence-electron chi connectivity index (χ3n) is 3.99. The second-order valence-electron chi connectivity index (χ2n) is 5.43. The van der Waals surface area contributed by atoms with Gasteiger partial charge in [-0.05, 0) is 18.9 Å². The Morgan fingerprint density at radius 3 is 2.70 bits per heavy atom. The fraction of sp³-hybridized carbons (Fsp3) is 0.429. The Morgan fingerprint density at radius 2 is 2.09 bits per heavy atom. The maximum absolute atomic E-state index is 10.9. The first-order valence-electron chi connectivity index (χ1n) is 6.99. The summed E-state index contributed by atoms with van der Waals surface area (Å²) in [6, 6.07) is 4.22. The Hall–Kier alpha value is -2.19. The van der Waals surface area contributed by atoms with Crippen LogP contribution in [-0.4, -0.2) is 22.2 Å². The lowest BCUT2D eigenvalue weighted by Gasteiger charge is -2.17. The number of nitrogens with two attached hydrogens (primary N) is 1. The van der Waals surface area contributed by atoms with Crippen molar-refractivity contribution in [1.29, 1.82) is 0 Å². The Bertz CT molecular complexity index is 713. The van der Waals surface area contributed by atoms with Crippen LogP contribution in [0.1, 0.15) is 31.5 Å². The lowest BCUT2D eigenvalue weighted by atomic mass is 9.98. The maximum atomic E-state index is 10.9. The molecule has 124 valence electrons. The van der Waals surface area contributed by atoms with E-state index in [1.807, 2.05) is 0 Å². The highest BCUT2D eigenvalue weighted by atomic mass is 35.5. The maximum Gasteiger partial charge on any atom is 0.270 e. The highest BCUT2D eigenvalue weighted by molar-refractivity contribution is 5.85. The topological polar surface area (TPSA) is 117 Å². The molecular formula is C14H17ClN4O4. The van der Waals surface area contributed by atoms with Gasteiger partial charge in [-0.25, -0.2) is 0 Å². The fourth-order valence-corrected chi connectivity index (χ4v) is 2.74. The predicted molar refractivity (Wildman–Crippen MR) is 84.5 cm³/mol. The highest BCUT2D eigenvalue weighted by Gasteiger charge is 2.36. The van der Waals surface area contributed by atoms with E-state index < -0.39 is 10.5 Å². The highest BCUT2D eigenvalue weighted by Crippen LogP contribution is 2.37. The molecule has 1 heterocycles. The molecule has 0 unspecified atom stereocenters. The van der Waals surface area contributed by atoms with Crippen molar-refractivity contribution < 1.29 is 14.2 Å². The molecule has 0 radical (unpaired) electrons. The van der Waals surface area contributed by atoms with Gasteiger partial charge in [0, 0.05) is 12.1 Å². The van der Waals surface area contributed by atoms with Crippen molar-refractivity contribution in [3.63, 3.8) is 0 Å². The summed E-state index contributed by atoms with van der Waals surface area (Å²) < 4.78 is 10.5. The molecule has 23 heavy (non-hydrogen) atoms. The van der Waals surface area contributed by atoms with Crippen LogP contribution in [0.3, 0.4) is 0 Å². The van der Waals surface area contributed by atoms with Crippen molar-refractivity contribution in [1.82, 2.24) is 10.1 Å². The molecule has 0 saturated heterocycles. The van der Waals surface area contributed by atoms with E-state index in [9.17, 15) is 10.1 Å². The van der Waals surface area contributed by atoms with E-state index in [0.29, 0.717) is 17.1 Å². The number of nitrogens with zero attached hydrogens (tertiary/aromatic N) is 3. The van der Waals surface area contributed by atoms with E-state index in [1.165, 1.54) is 25.3 Å². The summed E-state index contributed by atoms with van der Waals surface area (Å²) in [5, 5.41) is 14.9. The van der Waals surface area contributed by atoms with E-state index in [1.54, 1.807) is 0 Å². The molecule has 3 rings (SSSR count). The molecule has 2 aromatic rings. The number of ether oxygens (including phenoxy) is 1. The van der Waals surface area contributed by atoms with Gasteiger partial charge in [-0.1, -0.05) is 18.0 Å². The fourth-order valence-electron chi connectivity index (χ4n) is 2.74. The van der Waals surface area contributed by atoms with Crippen molar-refractivity contribution in [3.05, 3.63) is 34.1 Å². The second-order valence-corrected chi connectivity index (χ2v) is 5.43. The summed E-state index contributed by atoms with van der Waals surface area (Å²) in [6.07, 6.45) is 3.66. The number of non-ortho nitro benzene ring substituents is 1.